The van der Waals surface area contributed by atoms with Crippen molar-refractivity contribution in [2.45, 2.75) is 23.9 Å². The highest BCUT2D eigenvalue weighted by Gasteiger charge is 2.22. The van der Waals surface area contributed by atoms with Crippen LogP contribution in [0.4, 0.5) is 0 Å². The Morgan fingerprint density at radius 2 is 2.00 bits per heavy atom. The van der Waals surface area contributed by atoms with Gasteiger partial charge in [0.05, 0.1) is 11.5 Å². The molecule has 1 unspecified atom stereocenters. The standard InChI is InChI=1S/C18H20N4O2S/c1-13(17(23)21(2)12-14-8-5-4-6-9-14)25-18-20-19-16(22(18)3)15-10-7-11-24-15/h4-11,13H,12H2,1-3H3. The fourth-order valence-corrected chi connectivity index (χ4v) is 3.42. The lowest BCUT2D eigenvalue weighted by molar-refractivity contribution is -0.129. The first kappa shape index (κ1) is 17.3. The van der Waals surface area contributed by atoms with E-state index in [1.165, 1.54) is 11.8 Å². The van der Waals surface area contributed by atoms with E-state index in [4.69, 9.17) is 4.42 Å². The van der Waals surface area contributed by atoms with Gasteiger partial charge in [0.2, 0.25) is 5.91 Å². The summed E-state index contributed by atoms with van der Waals surface area (Å²) in [5, 5.41) is 8.76. The SMILES string of the molecule is CC(Sc1nnc(-c2ccco2)n1C)C(=O)N(C)Cc1ccccc1. The molecule has 25 heavy (non-hydrogen) atoms. The number of nitrogens with zero attached hydrogens (tertiary/aromatic N) is 4. The molecular formula is C18H20N4O2S. The number of amides is 1. The maximum absolute atomic E-state index is 12.6. The zero-order chi connectivity index (χ0) is 17.8. The summed E-state index contributed by atoms with van der Waals surface area (Å²) in [5.41, 5.74) is 1.11. The van der Waals surface area contributed by atoms with Gasteiger partial charge in [-0.05, 0) is 24.6 Å². The van der Waals surface area contributed by atoms with Crippen LogP contribution in [0, 0.1) is 0 Å². The first-order chi connectivity index (χ1) is 12.1. The predicted octanol–water partition coefficient (Wildman–Crippen LogP) is 3.21. The lowest BCUT2D eigenvalue weighted by atomic mass is 10.2. The Hall–Kier alpha value is -2.54. The van der Waals surface area contributed by atoms with E-state index in [0.29, 0.717) is 23.3 Å². The van der Waals surface area contributed by atoms with Crippen LogP contribution in [0.15, 0.2) is 58.3 Å². The zero-order valence-corrected chi connectivity index (χ0v) is 15.2. The van der Waals surface area contributed by atoms with Crippen LogP contribution >= 0.6 is 11.8 Å². The molecular weight excluding hydrogens is 336 g/mol. The van der Waals surface area contributed by atoms with E-state index in [9.17, 15) is 4.79 Å². The van der Waals surface area contributed by atoms with Crippen molar-refractivity contribution in [2.24, 2.45) is 7.05 Å². The van der Waals surface area contributed by atoms with Gasteiger partial charge in [0.25, 0.3) is 0 Å². The molecule has 0 fully saturated rings. The monoisotopic (exact) mass is 356 g/mol. The molecule has 2 aromatic heterocycles. The van der Waals surface area contributed by atoms with Gasteiger partial charge in [-0.3, -0.25) is 4.79 Å². The smallest absolute Gasteiger partial charge is 0.235 e. The van der Waals surface area contributed by atoms with Crippen LogP contribution in [-0.2, 0) is 18.4 Å². The maximum Gasteiger partial charge on any atom is 0.235 e. The molecule has 0 saturated heterocycles. The van der Waals surface area contributed by atoms with Crippen molar-refractivity contribution in [3.05, 3.63) is 54.3 Å². The largest absolute Gasteiger partial charge is 0.461 e. The summed E-state index contributed by atoms with van der Waals surface area (Å²) in [4.78, 5) is 14.4. The highest BCUT2D eigenvalue weighted by Crippen LogP contribution is 2.26. The number of benzene rings is 1. The molecule has 3 rings (SSSR count). The minimum atomic E-state index is -0.263. The van der Waals surface area contributed by atoms with Gasteiger partial charge in [0, 0.05) is 20.6 Å². The van der Waals surface area contributed by atoms with Crippen LogP contribution in [0.2, 0.25) is 0 Å². The Morgan fingerprint density at radius 3 is 2.68 bits per heavy atom. The maximum atomic E-state index is 12.6. The number of furan rings is 1. The second-order valence-corrected chi connectivity index (χ2v) is 7.09. The lowest BCUT2D eigenvalue weighted by Crippen LogP contribution is -2.32. The van der Waals surface area contributed by atoms with Crippen molar-refractivity contribution in [1.82, 2.24) is 19.7 Å². The Balaban J connectivity index is 1.65. The van der Waals surface area contributed by atoms with E-state index in [0.717, 1.165) is 5.56 Å². The molecule has 0 aliphatic rings. The predicted molar refractivity (Wildman–Crippen MR) is 96.9 cm³/mol. The summed E-state index contributed by atoms with van der Waals surface area (Å²) < 4.78 is 7.20. The number of carbonyl (C=O) groups is 1. The second kappa shape index (κ2) is 7.57. The summed E-state index contributed by atoms with van der Waals surface area (Å²) in [6, 6.07) is 13.6. The summed E-state index contributed by atoms with van der Waals surface area (Å²) in [6.07, 6.45) is 1.60. The van der Waals surface area contributed by atoms with Crippen molar-refractivity contribution >= 4 is 17.7 Å². The number of thioether (sulfide) groups is 1. The first-order valence-corrected chi connectivity index (χ1v) is 8.83. The third-order valence-corrected chi connectivity index (χ3v) is 4.97. The molecule has 0 aliphatic carbocycles. The van der Waals surface area contributed by atoms with Crippen LogP contribution in [0.5, 0.6) is 0 Å². The van der Waals surface area contributed by atoms with Crippen LogP contribution in [0.1, 0.15) is 12.5 Å². The van der Waals surface area contributed by atoms with Crippen LogP contribution in [-0.4, -0.2) is 37.9 Å². The quantitative estimate of drug-likeness (QED) is 0.635. The number of aromatic nitrogens is 3. The molecule has 3 aromatic rings. The number of hydrogen-bond acceptors (Lipinski definition) is 5. The van der Waals surface area contributed by atoms with E-state index >= 15 is 0 Å². The Labute approximate surface area is 150 Å². The summed E-state index contributed by atoms with van der Waals surface area (Å²) in [5.74, 6) is 1.35. The first-order valence-electron chi connectivity index (χ1n) is 7.95. The number of rotatable bonds is 6. The normalized spacial score (nSPS) is 12.1. The Kier molecular flexibility index (Phi) is 5.23. The highest BCUT2D eigenvalue weighted by molar-refractivity contribution is 8.00. The van der Waals surface area contributed by atoms with Crippen molar-refractivity contribution in [3.63, 3.8) is 0 Å². The molecule has 1 atom stereocenters. The number of carbonyl (C=O) groups excluding carboxylic acids is 1. The molecule has 0 radical (unpaired) electrons. The zero-order valence-electron chi connectivity index (χ0n) is 14.4. The second-order valence-electron chi connectivity index (χ2n) is 5.78. The average Bonchev–Trinajstić information content (AvgIpc) is 3.25. The Morgan fingerprint density at radius 1 is 1.24 bits per heavy atom. The summed E-state index contributed by atoms with van der Waals surface area (Å²) in [7, 11) is 3.68. The van der Waals surface area contributed by atoms with Gasteiger partial charge in [0.15, 0.2) is 16.7 Å². The fourth-order valence-electron chi connectivity index (χ4n) is 2.49. The molecule has 0 bridgehead atoms. The van der Waals surface area contributed by atoms with Gasteiger partial charge < -0.3 is 13.9 Å². The van der Waals surface area contributed by atoms with E-state index in [1.807, 2.05) is 68.1 Å². The van der Waals surface area contributed by atoms with Crippen molar-refractivity contribution in [3.8, 4) is 11.6 Å². The van der Waals surface area contributed by atoms with Crippen molar-refractivity contribution in [2.75, 3.05) is 7.05 Å². The molecule has 1 amide bonds. The minimum absolute atomic E-state index is 0.0522. The van der Waals surface area contributed by atoms with Crippen molar-refractivity contribution in [1.29, 1.82) is 0 Å². The average molecular weight is 356 g/mol. The molecule has 2 heterocycles. The molecule has 130 valence electrons. The molecule has 0 N–H and O–H groups in total. The van der Waals surface area contributed by atoms with Gasteiger partial charge in [-0.1, -0.05) is 42.1 Å². The third kappa shape index (κ3) is 3.93. The van der Waals surface area contributed by atoms with Gasteiger partial charge >= 0.3 is 0 Å². The lowest BCUT2D eigenvalue weighted by Gasteiger charge is -2.21. The van der Waals surface area contributed by atoms with Crippen LogP contribution in [0.3, 0.4) is 0 Å². The number of hydrogen-bond donors (Lipinski definition) is 0. The topological polar surface area (TPSA) is 64.2 Å². The van der Waals surface area contributed by atoms with Gasteiger partial charge in [-0.15, -0.1) is 10.2 Å². The molecule has 0 spiro atoms. The molecule has 6 nitrogen and oxygen atoms in total. The van der Waals surface area contributed by atoms with Gasteiger partial charge in [0.1, 0.15) is 0 Å². The summed E-state index contributed by atoms with van der Waals surface area (Å²) in [6.45, 7) is 2.47. The van der Waals surface area contributed by atoms with E-state index in [2.05, 4.69) is 10.2 Å². The van der Waals surface area contributed by atoms with E-state index < -0.39 is 0 Å². The van der Waals surface area contributed by atoms with Crippen molar-refractivity contribution < 1.29 is 9.21 Å². The third-order valence-electron chi connectivity index (χ3n) is 3.85. The Bertz CT molecular complexity index is 830. The highest BCUT2D eigenvalue weighted by atomic mass is 32.2. The van der Waals surface area contributed by atoms with Gasteiger partial charge in [-0.25, -0.2) is 0 Å². The van der Waals surface area contributed by atoms with E-state index in [-0.39, 0.29) is 11.2 Å². The summed E-state index contributed by atoms with van der Waals surface area (Å²) >= 11 is 1.39. The fraction of sp³-hybridized carbons (Fsp3) is 0.278. The molecule has 1 aromatic carbocycles. The molecule has 7 heteroatoms. The minimum Gasteiger partial charge on any atom is -0.461 e. The van der Waals surface area contributed by atoms with E-state index in [1.54, 1.807) is 11.2 Å². The van der Waals surface area contributed by atoms with Crippen LogP contribution in [0.25, 0.3) is 11.6 Å². The van der Waals surface area contributed by atoms with Crippen LogP contribution < -0.4 is 0 Å². The van der Waals surface area contributed by atoms with Gasteiger partial charge in [-0.2, -0.15) is 0 Å². The molecule has 0 saturated carbocycles. The molecule has 0 aliphatic heterocycles.